The second kappa shape index (κ2) is 7.47. The lowest BCUT2D eigenvalue weighted by atomic mass is 10.2. The first-order valence-electron chi connectivity index (χ1n) is 6.11. The Labute approximate surface area is 106 Å². The second-order valence-electron chi connectivity index (χ2n) is 3.96. The predicted molar refractivity (Wildman–Crippen MR) is 65.3 cm³/mol. The number of carbonyl (C=O) groups is 1. The van der Waals surface area contributed by atoms with Crippen LogP contribution in [0.1, 0.15) is 39.5 Å². The highest BCUT2D eigenvalue weighted by atomic mass is 16.5. The molecule has 0 aliphatic carbocycles. The minimum Gasteiger partial charge on any atom is -0.477 e. The molecule has 0 saturated heterocycles. The Morgan fingerprint density at radius 2 is 2.22 bits per heavy atom. The summed E-state index contributed by atoms with van der Waals surface area (Å²) < 4.78 is 5.37. The average molecular weight is 253 g/mol. The molecule has 0 fully saturated rings. The van der Waals surface area contributed by atoms with E-state index in [2.05, 4.69) is 17.0 Å². The molecule has 100 valence electrons. The molecule has 0 unspecified atom stereocenters. The van der Waals surface area contributed by atoms with E-state index in [0.717, 1.165) is 12.8 Å². The molecule has 6 nitrogen and oxygen atoms in total. The Morgan fingerprint density at radius 3 is 2.83 bits per heavy atom. The van der Waals surface area contributed by atoms with Gasteiger partial charge in [-0.1, -0.05) is 36.1 Å². The number of ether oxygens (including phenoxy) is 1. The third-order valence-electron chi connectivity index (χ3n) is 2.29. The summed E-state index contributed by atoms with van der Waals surface area (Å²) >= 11 is 0. The summed E-state index contributed by atoms with van der Waals surface area (Å²) in [7, 11) is 0. The SMILES string of the molecule is CCCCCCOc1ccc(=NC(C)=O)n(O)n1. The quantitative estimate of drug-likeness (QED) is 0.616. The van der Waals surface area contributed by atoms with Gasteiger partial charge in [-0.25, -0.2) is 0 Å². The molecule has 1 aromatic rings. The molecule has 0 bridgehead atoms. The molecule has 0 spiro atoms. The van der Waals surface area contributed by atoms with Crippen LogP contribution in [0.25, 0.3) is 0 Å². The lowest BCUT2D eigenvalue weighted by Gasteiger charge is -2.05. The first kappa shape index (κ1) is 14.2. The van der Waals surface area contributed by atoms with E-state index in [1.54, 1.807) is 6.07 Å². The maximum atomic E-state index is 10.8. The van der Waals surface area contributed by atoms with Crippen molar-refractivity contribution in [1.82, 2.24) is 9.94 Å². The number of hydrogen-bond acceptors (Lipinski definition) is 4. The van der Waals surface area contributed by atoms with E-state index in [1.165, 1.54) is 25.8 Å². The normalized spacial score (nSPS) is 11.6. The Bertz CT molecular complexity index is 454. The fourth-order valence-corrected chi connectivity index (χ4v) is 1.42. The van der Waals surface area contributed by atoms with E-state index < -0.39 is 5.91 Å². The van der Waals surface area contributed by atoms with Crippen molar-refractivity contribution in [2.45, 2.75) is 39.5 Å². The molecule has 1 aromatic heterocycles. The van der Waals surface area contributed by atoms with E-state index in [4.69, 9.17) is 4.74 Å². The van der Waals surface area contributed by atoms with E-state index in [-0.39, 0.29) is 5.49 Å². The van der Waals surface area contributed by atoms with Crippen LogP contribution < -0.4 is 10.2 Å². The zero-order valence-electron chi connectivity index (χ0n) is 10.8. The zero-order valence-corrected chi connectivity index (χ0v) is 10.8. The molecule has 1 amide bonds. The number of amides is 1. The van der Waals surface area contributed by atoms with Gasteiger partial charge in [0.15, 0.2) is 5.49 Å². The fraction of sp³-hybridized carbons (Fsp3) is 0.583. The van der Waals surface area contributed by atoms with E-state index in [1.807, 2.05) is 0 Å². The molecule has 1 heterocycles. The minimum absolute atomic E-state index is 0.0841. The molecule has 18 heavy (non-hydrogen) atoms. The Kier molecular flexibility index (Phi) is 5.90. The van der Waals surface area contributed by atoms with Crippen molar-refractivity contribution in [3.05, 3.63) is 17.6 Å². The van der Waals surface area contributed by atoms with Crippen molar-refractivity contribution >= 4 is 5.91 Å². The number of nitrogens with zero attached hydrogens (tertiary/aromatic N) is 3. The smallest absolute Gasteiger partial charge is 0.244 e. The minimum atomic E-state index is -0.396. The zero-order chi connectivity index (χ0) is 13.4. The van der Waals surface area contributed by atoms with Crippen molar-refractivity contribution < 1.29 is 14.7 Å². The topological polar surface area (TPSA) is 76.7 Å². The molecule has 0 radical (unpaired) electrons. The highest BCUT2D eigenvalue weighted by Crippen LogP contribution is 2.04. The largest absolute Gasteiger partial charge is 0.477 e. The van der Waals surface area contributed by atoms with Gasteiger partial charge in [-0.2, -0.15) is 4.99 Å². The molecule has 1 N–H and O–H groups in total. The van der Waals surface area contributed by atoms with Crippen molar-refractivity contribution in [3.63, 3.8) is 0 Å². The Hall–Kier alpha value is -1.85. The van der Waals surface area contributed by atoms with Crippen LogP contribution in [0.5, 0.6) is 5.88 Å². The summed E-state index contributed by atoms with van der Waals surface area (Å²) in [6.07, 6.45) is 4.44. The van der Waals surface area contributed by atoms with Gasteiger partial charge in [0.1, 0.15) is 0 Å². The molecule has 0 aromatic carbocycles. The Balaban J connectivity index is 2.54. The number of carbonyl (C=O) groups excluding carboxylic acids is 1. The number of unbranched alkanes of at least 4 members (excludes halogenated alkanes) is 3. The van der Waals surface area contributed by atoms with Crippen molar-refractivity contribution in [2.75, 3.05) is 6.61 Å². The third kappa shape index (κ3) is 4.99. The van der Waals surface area contributed by atoms with Gasteiger partial charge in [0.05, 0.1) is 6.61 Å². The maximum Gasteiger partial charge on any atom is 0.244 e. The van der Waals surface area contributed by atoms with Gasteiger partial charge in [-0.3, -0.25) is 4.79 Å². The molecule has 1 rings (SSSR count). The lowest BCUT2D eigenvalue weighted by Crippen LogP contribution is -2.22. The molecule has 6 heteroatoms. The summed E-state index contributed by atoms with van der Waals surface area (Å²) in [5, 5.41) is 13.2. The van der Waals surface area contributed by atoms with Crippen LogP contribution in [-0.2, 0) is 4.79 Å². The molecule has 0 saturated carbocycles. The summed E-state index contributed by atoms with van der Waals surface area (Å²) in [5.41, 5.74) is 0.0841. The highest BCUT2D eigenvalue weighted by Gasteiger charge is 1.99. The van der Waals surface area contributed by atoms with E-state index in [0.29, 0.717) is 17.3 Å². The van der Waals surface area contributed by atoms with Gasteiger partial charge in [0.2, 0.25) is 11.8 Å². The van der Waals surface area contributed by atoms with Gasteiger partial charge < -0.3 is 9.94 Å². The van der Waals surface area contributed by atoms with Gasteiger partial charge >= 0.3 is 0 Å². The summed E-state index contributed by atoms with van der Waals surface area (Å²) in [4.78, 5) is 14.9. The average Bonchev–Trinajstić information content (AvgIpc) is 2.32. The van der Waals surface area contributed by atoms with Crippen LogP contribution in [0.4, 0.5) is 0 Å². The van der Waals surface area contributed by atoms with E-state index in [9.17, 15) is 10.0 Å². The summed E-state index contributed by atoms with van der Waals surface area (Å²) in [6, 6.07) is 3.06. The van der Waals surface area contributed by atoms with Crippen LogP contribution in [0.2, 0.25) is 0 Å². The third-order valence-corrected chi connectivity index (χ3v) is 2.29. The number of hydrogen-bond donors (Lipinski definition) is 1. The van der Waals surface area contributed by atoms with Crippen LogP contribution in [0.15, 0.2) is 17.1 Å². The lowest BCUT2D eigenvalue weighted by molar-refractivity contribution is -0.116. The Morgan fingerprint density at radius 1 is 1.44 bits per heavy atom. The molecular weight excluding hydrogens is 234 g/mol. The number of aromatic nitrogens is 2. The fourth-order valence-electron chi connectivity index (χ4n) is 1.42. The van der Waals surface area contributed by atoms with Gasteiger partial charge in [-0.15, -0.1) is 0 Å². The standard InChI is InChI=1S/C12H19N3O3/c1-3-4-5-6-9-18-12-8-7-11(13-10(2)16)15(17)14-12/h7-8,17H,3-6,9H2,1-2H3. The van der Waals surface area contributed by atoms with Crippen LogP contribution in [0, 0.1) is 0 Å². The maximum absolute atomic E-state index is 10.8. The monoisotopic (exact) mass is 253 g/mol. The van der Waals surface area contributed by atoms with Gasteiger partial charge in [0.25, 0.3) is 0 Å². The van der Waals surface area contributed by atoms with Crippen molar-refractivity contribution in [3.8, 4) is 5.88 Å². The predicted octanol–water partition coefficient (Wildman–Crippen LogP) is 1.53. The van der Waals surface area contributed by atoms with Crippen LogP contribution in [0.3, 0.4) is 0 Å². The van der Waals surface area contributed by atoms with Crippen molar-refractivity contribution in [2.24, 2.45) is 4.99 Å². The molecular formula is C12H19N3O3. The highest BCUT2D eigenvalue weighted by molar-refractivity contribution is 5.73. The van der Waals surface area contributed by atoms with Gasteiger partial charge in [0, 0.05) is 13.0 Å². The van der Waals surface area contributed by atoms with Crippen LogP contribution in [-0.4, -0.2) is 27.7 Å². The first-order chi connectivity index (χ1) is 8.63. The summed E-state index contributed by atoms with van der Waals surface area (Å²) in [5.74, 6) is -0.0793. The first-order valence-corrected chi connectivity index (χ1v) is 6.11. The summed E-state index contributed by atoms with van der Waals surface area (Å²) in [6.45, 7) is 4.02. The second-order valence-corrected chi connectivity index (χ2v) is 3.96. The van der Waals surface area contributed by atoms with Crippen molar-refractivity contribution in [1.29, 1.82) is 0 Å². The number of rotatable bonds is 6. The van der Waals surface area contributed by atoms with Gasteiger partial charge in [-0.05, 0) is 12.5 Å². The molecule has 0 aliphatic heterocycles. The van der Waals surface area contributed by atoms with Crippen LogP contribution >= 0.6 is 0 Å². The van der Waals surface area contributed by atoms with E-state index >= 15 is 0 Å². The molecule has 0 aliphatic rings. The molecule has 0 atom stereocenters.